The Morgan fingerprint density at radius 1 is 1.17 bits per heavy atom. The summed E-state index contributed by atoms with van der Waals surface area (Å²) < 4.78 is 0.807. The molecule has 0 radical (unpaired) electrons. The third kappa shape index (κ3) is 4.53. The van der Waals surface area contributed by atoms with Crippen LogP contribution < -0.4 is 5.32 Å². The zero-order chi connectivity index (χ0) is 16.8. The molecule has 0 saturated carbocycles. The molecule has 0 atom stereocenters. The van der Waals surface area contributed by atoms with Crippen LogP contribution in [0.1, 0.15) is 15.9 Å². The molecule has 0 aliphatic carbocycles. The molecule has 2 aromatic rings. The van der Waals surface area contributed by atoms with Gasteiger partial charge in [0.25, 0.3) is 5.91 Å². The van der Waals surface area contributed by atoms with Crippen LogP contribution in [0.5, 0.6) is 0 Å². The summed E-state index contributed by atoms with van der Waals surface area (Å²) in [7, 11) is 0. The van der Waals surface area contributed by atoms with Gasteiger partial charge in [-0.1, -0.05) is 34.1 Å². The Morgan fingerprint density at radius 3 is 2.43 bits per heavy atom. The molecule has 0 bridgehead atoms. The molecule has 0 aliphatic heterocycles. The van der Waals surface area contributed by atoms with E-state index in [9.17, 15) is 9.59 Å². The molecule has 0 aliphatic rings. The molecule has 0 aromatic heterocycles. The van der Waals surface area contributed by atoms with Gasteiger partial charge < -0.3 is 10.4 Å². The highest BCUT2D eigenvalue weighted by atomic mass is 79.9. The standard InChI is InChI=1S/C17H11BrN2O3/c18-14-2-1-3-15(9-14)20-16(21)13(10-19)8-11-4-6-12(7-5-11)17(22)23/h1-9H,(H,20,21)(H,22,23)/b13-8+. The van der Waals surface area contributed by atoms with Crippen LogP contribution in [0.25, 0.3) is 6.08 Å². The SMILES string of the molecule is N#C/C(=C\c1ccc(C(=O)O)cc1)C(=O)Nc1cccc(Br)c1. The number of carbonyl (C=O) groups is 2. The van der Waals surface area contributed by atoms with Gasteiger partial charge in [0.1, 0.15) is 11.6 Å². The van der Waals surface area contributed by atoms with Gasteiger partial charge in [-0.3, -0.25) is 4.79 Å². The summed E-state index contributed by atoms with van der Waals surface area (Å²) in [6.07, 6.45) is 1.40. The number of halogens is 1. The van der Waals surface area contributed by atoms with Crippen LogP contribution in [0.2, 0.25) is 0 Å². The first-order chi connectivity index (χ1) is 11.0. The van der Waals surface area contributed by atoms with E-state index in [1.165, 1.54) is 30.3 Å². The number of carboxylic acid groups (broad SMARTS) is 1. The Hall–Kier alpha value is -2.91. The van der Waals surface area contributed by atoms with Crippen LogP contribution in [0.4, 0.5) is 5.69 Å². The second kappa shape index (κ2) is 7.38. The van der Waals surface area contributed by atoms with Gasteiger partial charge in [0, 0.05) is 10.2 Å². The Kier molecular flexibility index (Phi) is 5.28. The van der Waals surface area contributed by atoms with Crippen LogP contribution in [0, 0.1) is 11.3 Å². The summed E-state index contributed by atoms with van der Waals surface area (Å²) in [6, 6.07) is 14.7. The van der Waals surface area contributed by atoms with Crippen LogP contribution in [0.3, 0.4) is 0 Å². The number of amides is 1. The van der Waals surface area contributed by atoms with E-state index < -0.39 is 11.9 Å². The molecule has 2 aromatic carbocycles. The van der Waals surface area contributed by atoms with E-state index >= 15 is 0 Å². The highest BCUT2D eigenvalue weighted by molar-refractivity contribution is 9.10. The van der Waals surface area contributed by atoms with Crippen LogP contribution in [-0.4, -0.2) is 17.0 Å². The third-order valence-corrected chi connectivity index (χ3v) is 3.41. The first-order valence-corrected chi connectivity index (χ1v) is 7.31. The van der Waals surface area contributed by atoms with Gasteiger partial charge in [-0.25, -0.2) is 4.79 Å². The molecule has 1 amide bonds. The molecule has 2 N–H and O–H groups in total. The fourth-order valence-corrected chi connectivity index (χ4v) is 2.20. The van der Waals surface area contributed by atoms with Crippen molar-refractivity contribution in [1.82, 2.24) is 0 Å². The fourth-order valence-electron chi connectivity index (χ4n) is 1.80. The fraction of sp³-hybridized carbons (Fsp3) is 0. The molecule has 6 heteroatoms. The zero-order valence-corrected chi connectivity index (χ0v) is 13.4. The van der Waals surface area contributed by atoms with Crippen molar-refractivity contribution in [2.75, 3.05) is 5.32 Å². The predicted octanol–water partition coefficient (Wildman–Crippen LogP) is 3.69. The summed E-state index contributed by atoms with van der Waals surface area (Å²) in [5.41, 5.74) is 1.19. The molecule has 0 spiro atoms. The number of rotatable bonds is 4. The van der Waals surface area contributed by atoms with Crippen molar-refractivity contribution in [2.24, 2.45) is 0 Å². The van der Waals surface area contributed by atoms with Crippen LogP contribution in [-0.2, 0) is 4.79 Å². The Morgan fingerprint density at radius 2 is 1.87 bits per heavy atom. The maximum absolute atomic E-state index is 12.1. The van der Waals surface area contributed by atoms with Crippen molar-refractivity contribution in [3.8, 4) is 6.07 Å². The minimum atomic E-state index is -1.03. The number of carboxylic acids is 1. The number of hydrogen-bond donors (Lipinski definition) is 2. The lowest BCUT2D eigenvalue weighted by Gasteiger charge is -2.04. The minimum Gasteiger partial charge on any atom is -0.478 e. The van der Waals surface area contributed by atoms with E-state index in [1.807, 2.05) is 12.1 Å². The Labute approximate surface area is 141 Å². The molecular weight excluding hydrogens is 360 g/mol. The van der Waals surface area contributed by atoms with E-state index in [4.69, 9.17) is 10.4 Å². The number of nitriles is 1. The van der Waals surface area contributed by atoms with E-state index in [0.717, 1.165) is 4.47 Å². The first-order valence-electron chi connectivity index (χ1n) is 6.51. The van der Waals surface area contributed by atoms with Crippen molar-refractivity contribution in [1.29, 1.82) is 5.26 Å². The number of nitrogens with zero attached hydrogens (tertiary/aromatic N) is 1. The normalized spacial score (nSPS) is 10.7. The van der Waals surface area contributed by atoms with E-state index in [1.54, 1.807) is 18.2 Å². The number of aromatic carboxylic acids is 1. The maximum Gasteiger partial charge on any atom is 0.335 e. The summed E-state index contributed by atoms with van der Waals surface area (Å²) in [5.74, 6) is -1.57. The molecule has 0 heterocycles. The smallest absolute Gasteiger partial charge is 0.335 e. The number of benzene rings is 2. The molecule has 114 valence electrons. The van der Waals surface area contributed by atoms with Gasteiger partial charge in [-0.05, 0) is 42.0 Å². The van der Waals surface area contributed by atoms with Crippen molar-refractivity contribution >= 4 is 39.6 Å². The van der Waals surface area contributed by atoms with E-state index in [2.05, 4.69) is 21.2 Å². The molecule has 2 rings (SSSR count). The monoisotopic (exact) mass is 370 g/mol. The summed E-state index contributed by atoms with van der Waals surface area (Å²) in [5, 5.41) is 20.6. The lowest BCUT2D eigenvalue weighted by molar-refractivity contribution is -0.112. The first kappa shape index (κ1) is 16.5. The summed E-state index contributed by atoms with van der Waals surface area (Å²) in [6.45, 7) is 0. The van der Waals surface area contributed by atoms with Gasteiger partial charge >= 0.3 is 5.97 Å². The molecular formula is C17H11BrN2O3. The van der Waals surface area contributed by atoms with Gasteiger partial charge in [0.05, 0.1) is 5.56 Å². The van der Waals surface area contributed by atoms with Gasteiger partial charge in [0.2, 0.25) is 0 Å². The molecule has 0 saturated heterocycles. The molecule has 5 nitrogen and oxygen atoms in total. The number of carbonyl (C=O) groups excluding carboxylic acids is 1. The molecule has 0 unspecified atom stereocenters. The van der Waals surface area contributed by atoms with Crippen LogP contribution >= 0.6 is 15.9 Å². The quantitative estimate of drug-likeness (QED) is 0.634. The number of anilines is 1. The van der Waals surface area contributed by atoms with E-state index in [0.29, 0.717) is 11.3 Å². The minimum absolute atomic E-state index is 0.0759. The van der Waals surface area contributed by atoms with Crippen molar-refractivity contribution in [2.45, 2.75) is 0 Å². The van der Waals surface area contributed by atoms with Crippen molar-refractivity contribution < 1.29 is 14.7 Å². The average molecular weight is 371 g/mol. The number of hydrogen-bond acceptors (Lipinski definition) is 3. The number of nitrogens with one attached hydrogen (secondary N) is 1. The van der Waals surface area contributed by atoms with Gasteiger partial charge in [0.15, 0.2) is 0 Å². The largest absolute Gasteiger partial charge is 0.478 e. The Balaban J connectivity index is 2.19. The van der Waals surface area contributed by atoms with Gasteiger partial charge in [-0.15, -0.1) is 0 Å². The summed E-state index contributed by atoms with van der Waals surface area (Å²) >= 11 is 3.30. The highest BCUT2D eigenvalue weighted by Crippen LogP contribution is 2.17. The van der Waals surface area contributed by atoms with Crippen molar-refractivity contribution in [3.63, 3.8) is 0 Å². The summed E-state index contributed by atoms with van der Waals surface area (Å²) in [4.78, 5) is 22.9. The Bertz CT molecular complexity index is 820. The second-order valence-corrected chi connectivity index (χ2v) is 5.48. The maximum atomic E-state index is 12.1. The van der Waals surface area contributed by atoms with E-state index in [-0.39, 0.29) is 11.1 Å². The molecule has 23 heavy (non-hydrogen) atoms. The average Bonchev–Trinajstić information content (AvgIpc) is 2.53. The predicted molar refractivity (Wildman–Crippen MR) is 89.8 cm³/mol. The lowest BCUT2D eigenvalue weighted by atomic mass is 10.1. The lowest BCUT2D eigenvalue weighted by Crippen LogP contribution is -2.13. The topological polar surface area (TPSA) is 90.2 Å². The van der Waals surface area contributed by atoms with Crippen LogP contribution in [0.15, 0.2) is 58.6 Å². The zero-order valence-electron chi connectivity index (χ0n) is 11.8. The van der Waals surface area contributed by atoms with Gasteiger partial charge in [-0.2, -0.15) is 5.26 Å². The van der Waals surface area contributed by atoms with Crippen molar-refractivity contribution in [3.05, 3.63) is 69.7 Å². The molecule has 0 fully saturated rings. The highest BCUT2D eigenvalue weighted by Gasteiger charge is 2.10. The second-order valence-electron chi connectivity index (χ2n) is 4.56. The third-order valence-electron chi connectivity index (χ3n) is 2.92.